The number of pyridine rings is 2. The standard InChI is InChI=1S/C21H18Cl2N6O2S/c1-32(25,30)19-7-3-12(9-27-19)2-5-17-14-8-13(4-6-18(14)29-28-17)31-21(24)20-15(22)10-26-11-16(20)23/h2-11,21,25H,24H2,1H3,(H,28,29)/b5-2+/t21-,32?/m0/s1. The van der Waals surface area contributed by atoms with Gasteiger partial charge in [-0.1, -0.05) is 35.3 Å². The van der Waals surface area contributed by atoms with Gasteiger partial charge in [-0.15, -0.1) is 0 Å². The van der Waals surface area contributed by atoms with Gasteiger partial charge in [0.2, 0.25) is 0 Å². The lowest BCUT2D eigenvalue weighted by molar-refractivity contribution is 0.214. The molecule has 0 spiro atoms. The number of halogens is 2. The number of hydrogen-bond donors (Lipinski definition) is 3. The molecule has 32 heavy (non-hydrogen) atoms. The molecule has 1 aromatic carbocycles. The Balaban J connectivity index is 1.58. The number of nitrogens with one attached hydrogen (secondary N) is 2. The van der Waals surface area contributed by atoms with Gasteiger partial charge in [0.1, 0.15) is 10.8 Å². The summed E-state index contributed by atoms with van der Waals surface area (Å²) in [4.78, 5) is 8.02. The highest BCUT2D eigenvalue weighted by atomic mass is 35.5. The molecule has 8 nitrogen and oxygen atoms in total. The molecule has 0 saturated carbocycles. The molecule has 4 aromatic rings. The highest BCUT2D eigenvalue weighted by Gasteiger charge is 2.17. The minimum absolute atomic E-state index is 0.243. The number of fused-ring (bicyclic) bond motifs is 1. The summed E-state index contributed by atoms with van der Waals surface area (Å²) in [6, 6.07) is 8.75. The normalized spacial score (nSPS) is 14.5. The quantitative estimate of drug-likeness (QED) is 0.330. The Labute approximate surface area is 194 Å². The second-order valence-electron chi connectivity index (χ2n) is 6.98. The second kappa shape index (κ2) is 8.87. The number of hydrogen-bond acceptors (Lipinski definition) is 7. The predicted molar refractivity (Wildman–Crippen MR) is 126 cm³/mol. The maximum atomic E-state index is 11.8. The summed E-state index contributed by atoms with van der Waals surface area (Å²) in [5.41, 5.74) is 8.90. The first kappa shape index (κ1) is 22.2. The van der Waals surface area contributed by atoms with E-state index in [0.717, 1.165) is 16.5 Å². The topological polar surface area (TPSA) is 131 Å². The van der Waals surface area contributed by atoms with E-state index < -0.39 is 16.0 Å². The Morgan fingerprint density at radius 2 is 1.91 bits per heavy atom. The maximum absolute atomic E-state index is 11.8. The van der Waals surface area contributed by atoms with Crippen LogP contribution in [0.2, 0.25) is 10.0 Å². The summed E-state index contributed by atoms with van der Waals surface area (Å²) < 4.78 is 25.2. The first-order valence-corrected chi connectivity index (χ1v) is 12.0. The zero-order valence-electron chi connectivity index (χ0n) is 16.8. The zero-order chi connectivity index (χ0) is 22.9. The van der Waals surface area contributed by atoms with Gasteiger partial charge in [-0.25, -0.2) is 14.0 Å². The van der Waals surface area contributed by atoms with Crippen LogP contribution in [-0.2, 0) is 9.73 Å². The Morgan fingerprint density at radius 1 is 1.16 bits per heavy atom. The van der Waals surface area contributed by atoms with Gasteiger partial charge in [0, 0.05) is 35.8 Å². The van der Waals surface area contributed by atoms with Crippen LogP contribution in [0.1, 0.15) is 23.0 Å². The number of aromatic amines is 1. The average molecular weight is 489 g/mol. The maximum Gasteiger partial charge on any atom is 0.177 e. The fourth-order valence-corrected chi connectivity index (χ4v) is 4.17. The van der Waals surface area contributed by atoms with Crippen molar-refractivity contribution in [2.45, 2.75) is 11.3 Å². The van der Waals surface area contributed by atoms with Gasteiger partial charge < -0.3 is 4.74 Å². The van der Waals surface area contributed by atoms with E-state index in [0.29, 0.717) is 27.1 Å². The van der Waals surface area contributed by atoms with Crippen molar-refractivity contribution in [1.29, 1.82) is 4.78 Å². The lowest BCUT2D eigenvalue weighted by Crippen LogP contribution is -2.18. The monoisotopic (exact) mass is 488 g/mol. The lowest BCUT2D eigenvalue weighted by Gasteiger charge is -2.17. The number of ether oxygens (including phenoxy) is 1. The fourth-order valence-electron chi connectivity index (χ4n) is 3.01. The SMILES string of the molecule is CS(=N)(=O)c1ccc(/C=C/c2n[nH]c3ccc(O[C@H](N)c4c(Cl)cncc4Cl)cc23)cn1. The second-order valence-corrected chi connectivity index (χ2v) is 9.90. The molecule has 164 valence electrons. The minimum atomic E-state index is -2.84. The summed E-state index contributed by atoms with van der Waals surface area (Å²) in [7, 11) is -2.84. The van der Waals surface area contributed by atoms with Crippen molar-refractivity contribution in [3.8, 4) is 5.75 Å². The van der Waals surface area contributed by atoms with Crippen LogP contribution in [0.5, 0.6) is 5.75 Å². The third kappa shape index (κ3) is 4.76. The molecular weight excluding hydrogens is 471 g/mol. The van der Waals surface area contributed by atoms with Crippen molar-refractivity contribution in [2.75, 3.05) is 6.26 Å². The van der Waals surface area contributed by atoms with Crippen molar-refractivity contribution in [1.82, 2.24) is 20.2 Å². The molecule has 3 heterocycles. The van der Waals surface area contributed by atoms with E-state index in [-0.39, 0.29) is 5.03 Å². The Kier molecular flexibility index (Phi) is 6.16. The molecule has 2 atom stereocenters. The van der Waals surface area contributed by atoms with Gasteiger partial charge in [-0.05, 0) is 35.9 Å². The number of H-pyrrole nitrogens is 1. The smallest absolute Gasteiger partial charge is 0.177 e. The molecule has 0 fully saturated rings. The third-order valence-corrected chi connectivity index (χ3v) is 6.24. The molecule has 0 aliphatic heterocycles. The number of nitrogens with two attached hydrogens (primary N) is 1. The third-order valence-electron chi connectivity index (χ3n) is 4.59. The molecular formula is C21H18Cl2N6O2S. The molecule has 0 amide bonds. The van der Waals surface area contributed by atoms with Crippen molar-refractivity contribution in [2.24, 2.45) is 5.73 Å². The van der Waals surface area contributed by atoms with Crippen LogP contribution in [-0.4, -0.2) is 30.6 Å². The van der Waals surface area contributed by atoms with Gasteiger partial charge in [0.15, 0.2) is 6.23 Å². The average Bonchev–Trinajstić information content (AvgIpc) is 3.14. The molecule has 1 unspecified atom stereocenters. The molecule has 0 saturated heterocycles. The summed E-state index contributed by atoms with van der Waals surface area (Å²) in [6.07, 6.45) is 8.58. The first-order valence-electron chi connectivity index (χ1n) is 9.29. The van der Waals surface area contributed by atoms with Crippen molar-refractivity contribution >= 4 is 56.0 Å². The summed E-state index contributed by atoms with van der Waals surface area (Å²) in [6.45, 7) is 0. The lowest BCUT2D eigenvalue weighted by atomic mass is 10.1. The number of rotatable bonds is 6. The Morgan fingerprint density at radius 3 is 2.56 bits per heavy atom. The number of benzene rings is 1. The fraction of sp³-hybridized carbons (Fsp3) is 0.0952. The largest absolute Gasteiger partial charge is 0.471 e. The van der Waals surface area contributed by atoms with Crippen molar-refractivity contribution < 1.29 is 8.95 Å². The molecule has 4 N–H and O–H groups in total. The molecule has 0 bridgehead atoms. The van der Waals surface area contributed by atoms with Crippen LogP contribution in [0.25, 0.3) is 23.1 Å². The van der Waals surface area contributed by atoms with E-state index in [2.05, 4.69) is 20.2 Å². The molecule has 0 radical (unpaired) electrons. The van der Waals surface area contributed by atoms with E-state index in [1.165, 1.54) is 18.6 Å². The van der Waals surface area contributed by atoms with E-state index in [1.54, 1.807) is 24.4 Å². The van der Waals surface area contributed by atoms with E-state index >= 15 is 0 Å². The number of nitrogens with zero attached hydrogens (tertiary/aromatic N) is 3. The predicted octanol–water partition coefficient (Wildman–Crippen LogP) is 4.90. The van der Waals surface area contributed by atoms with Crippen LogP contribution >= 0.6 is 23.2 Å². The van der Waals surface area contributed by atoms with Crippen molar-refractivity contribution in [3.05, 3.63) is 75.8 Å². The van der Waals surface area contributed by atoms with Crippen LogP contribution in [0.3, 0.4) is 0 Å². The van der Waals surface area contributed by atoms with Gasteiger partial charge in [0.05, 0.1) is 31.0 Å². The van der Waals surface area contributed by atoms with Gasteiger partial charge in [-0.3, -0.25) is 15.8 Å². The van der Waals surface area contributed by atoms with Crippen molar-refractivity contribution in [3.63, 3.8) is 0 Å². The van der Waals surface area contributed by atoms with Gasteiger partial charge in [0.25, 0.3) is 0 Å². The van der Waals surface area contributed by atoms with E-state index in [9.17, 15) is 4.21 Å². The summed E-state index contributed by atoms with van der Waals surface area (Å²) in [5.74, 6) is 0.518. The van der Waals surface area contributed by atoms with E-state index in [4.69, 9.17) is 38.5 Å². The molecule has 0 aliphatic carbocycles. The van der Waals surface area contributed by atoms with Crippen LogP contribution in [0, 0.1) is 4.78 Å². The highest BCUT2D eigenvalue weighted by molar-refractivity contribution is 7.91. The van der Waals surface area contributed by atoms with Gasteiger partial charge >= 0.3 is 0 Å². The summed E-state index contributed by atoms with van der Waals surface area (Å²) >= 11 is 12.3. The van der Waals surface area contributed by atoms with E-state index in [1.807, 2.05) is 24.3 Å². The van der Waals surface area contributed by atoms with Gasteiger partial charge in [-0.2, -0.15) is 5.10 Å². The minimum Gasteiger partial charge on any atom is -0.471 e. The molecule has 4 rings (SSSR count). The number of aromatic nitrogens is 4. The zero-order valence-corrected chi connectivity index (χ0v) is 19.1. The molecule has 3 aromatic heterocycles. The Hall–Kier alpha value is -2.98. The molecule has 11 heteroatoms. The summed E-state index contributed by atoms with van der Waals surface area (Å²) in [5, 5.41) is 9.01. The highest BCUT2D eigenvalue weighted by Crippen LogP contribution is 2.31. The van der Waals surface area contributed by atoms with Crippen LogP contribution in [0.15, 0.2) is 53.9 Å². The first-order chi connectivity index (χ1) is 15.2. The Bertz CT molecular complexity index is 1400. The molecule has 0 aliphatic rings. The van der Waals surface area contributed by atoms with Crippen LogP contribution < -0.4 is 10.5 Å². The van der Waals surface area contributed by atoms with Crippen LogP contribution in [0.4, 0.5) is 0 Å².